The highest BCUT2D eigenvalue weighted by Gasteiger charge is 2.55. The van der Waals surface area contributed by atoms with Crippen LogP contribution in [0, 0.1) is 17.3 Å². The first-order chi connectivity index (χ1) is 9.61. The van der Waals surface area contributed by atoms with E-state index in [-0.39, 0.29) is 17.8 Å². The molecule has 21 heavy (non-hydrogen) atoms. The van der Waals surface area contributed by atoms with Crippen LogP contribution < -0.4 is 5.32 Å². The molecule has 0 bridgehead atoms. The van der Waals surface area contributed by atoms with Gasteiger partial charge in [0.2, 0.25) is 0 Å². The number of carboxylic acids is 1. The van der Waals surface area contributed by atoms with Gasteiger partial charge in [-0.3, -0.25) is 4.79 Å². The molecule has 1 amide bonds. The highest BCUT2D eigenvalue weighted by molar-refractivity contribution is 5.70. The van der Waals surface area contributed by atoms with Crippen LogP contribution in [-0.4, -0.2) is 29.3 Å². The van der Waals surface area contributed by atoms with Gasteiger partial charge < -0.3 is 15.2 Å². The Kier molecular flexibility index (Phi) is 4.04. The van der Waals surface area contributed by atoms with Gasteiger partial charge in [0.25, 0.3) is 0 Å². The Hall–Kier alpha value is -1.52. The van der Waals surface area contributed by atoms with E-state index in [2.05, 4.69) is 18.3 Å². The molecule has 0 radical (unpaired) electrons. The Morgan fingerprint density at radius 2 is 2.14 bits per heavy atom. The number of nitrogens with one attached hydrogen (secondary N) is 1. The molecule has 0 unspecified atom stereocenters. The molecule has 0 heterocycles. The molecule has 0 aromatic carbocycles. The van der Waals surface area contributed by atoms with Crippen LogP contribution >= 0.6 is 0 Å². The fraction of sp³-hybridized carbons (Fsp3) is 0.750. The van der Waals surface area contributed by atoms with E-state index in [4.69, 9.17) is 4.74 Å². The van der Waals surface area contributed by atoms with E-state index < -0.39 is 17.7 Å². The number of ether oxygens (including phenoxy) is 1. The van der Waals surface area contributed by atoms with Crippen molar-refractivity contribution in [2.24, 2.45) is 17.3 Å². The molecule has 2 aliphatic rings. The number of carboxylic acid groups (broad SMARTS) is 1. The van der Waals surface area contributed by atoms with Crippen molar-refractivity contribution in [1.29, 1.82) is 0 Å². The Labute approximate surface area is 125 Å². The molecule has 0 spiro atoms. The van der Waals surface area contributed by atoms with Gasteiger partial charge in [-0.25, -0.2) is 4.79 Å². The maximum atomic E-state index is 11.8. The quantitative estimate of drug-likeness (QED) is 0.782. The molecule has 1 fully saturated rings. The first kappa shape index (κ1) is 15.9. The lowest BCUT2D eigenvalue weighted by Crippen LogP contribution is -2.53. The van der Waals surface area contributed by atoms with Gasteiger partial charge in [-0.2, -0.15) is 0 Å². The summed E-state index contributed by atoms with van der Waals surface area (Å²) >= 11 is 0. The normalized spacial score (nSPS) is 31.0. The largest absolute Gasteiger partial charge is 0.481 e. The minimum atomic E-state index is -0.808. The first-order valence-electron chi connectivity index (χ1n) is 7.47. The van der Waals surface area contributed by atoms with Gasteiger partial charge >= 0.3 is 12.1 Å². The second-order valence-electron chi connectivity index (χ2n) is 7.50. The zero-order valence-corrected chi connectivity index (χ0v) is 13.2. The summed E-state index contributed by atoms with van der Waals surface area (Å²) in [6.45, 7) is 7.87. The minimum absolute atomic E-state index is 0.0910. The molecule has 2 N–H and O–H groups in total. The number of amides is 1. The lowest BCUT2D eigenvalue weighted by atomic mass is 9.53. The van der Waals surface area contributed by atoms with E-state index in [1.165, 1.54) is 5.57 Å². The molecule has 5 nitrogen and oxygen atoms in total. The van der Waals surface area contributed by atoms with Crippen molar-refractivity contribution in [3.8, 4) is 0 Å². The van der Waals surface area contributed by atoms with Crippen molar-refractivity contribution < 1.29 is 19.4 Å². The van der Waals surface area contributed by atoms with Crippen molar-refractivity contribution in [3.63, 3.8) is 0 Å². The summed E-state index contributed by atoms with van der Waals surface area (Å²) in [5.41, 5.74) is 0.427. The summed E-state index contributed by atoms with van der Waals surface area (Å²) in [5, 5.41) is 11.9. The highest BCUT2D eigenvalue weighted by Crippen LogP contribution is 2.59. The zero-order chi connectivity index (χ0) is 15.8. The van der Waals surface area contributed by atoms with E-state index in [9.17, 15) is 14.7 Å². The topological polar surface area (TPSA) is 75.6 Å². The fourth-order valence-electron chi connectivity index (χ4n) is 3.73. The van der Waals surface area contributed by atoms with Gasteiger partial charge in [0, 0.05) is 12.0 Å². The van der Waals surface area contributed by atoms with Gasteiger partial charge in [-0.1, -0.05) is 11.6 Å². The summed E-state index contributed by atoms with van der Waals surface area (Å²) in [6, 6.07) is 0. The van der Waals surface area contributed by atoms with Crippen LogP contribution in [-0.2, 0) is 9.53 Å². The second kappa shape index (κ2) is 5.35. The summed E-state index contributed by atoms with van der Waals surface area (Å²) in [4.78, 5) is 23.0. The summed E-state index contributed by atoms with van der Waals surface area (Å²) in [7, 11) is 0. The van der Waals surface area contributed by atoms with E-state index in [0.29, 0.717) is 12.5 Å². The zero-order valence-electron chi connectivity index (χ0n) is 13.2. The van der Waals surface area contributed by atoms with Gasteiger partial charge in [0.1, 0.15) is 5.60 Å². The molecule has 0 aromatic heterocycles. The fourth-order valence-corrected chi connectivity index (χ4v) is 3.73. The van der Waals surface area contributed by atoms with Crippen molar-refractivity contribution in [3.05, 3.63) is 11.6 Å². The number of hydrogen-bond acceptors (Lipinski definition) is 3. The second-order valence-corrected chi connectivity index (χ2v) is 7.50. The number of fused-ring (bicyclic) bond motifs is 1. The van der Waals surface area contributed by atoms with Crippen molar-refractivity contribution >= 4 is 12.1 Å². The van der Waals surface area contributed by atoms with Crippen molar-refractivity contribution in [2.75, 3.05) is 6.54 Å². The number of allylic oxidation sites excluding steroid dienone is 2. The smallest absolute Gasteiger partial charge is 0.407 e. The standard InChI is InChI=1S/C16H25NO4/c1-10-5-11-7-16(8-13(18)19,12(11)6-10)9-17-14(20)21-15(2,3)4/h6,11-12H,5,7-9H2,1-4H3,(H,17,20)(H,18,19)/t11-,12+,16+/m0/s1. The van der Waals surface area contributed by atoms with E-state index >= 15 is 0 Å². The van der Waals surface area contributed by atoms with Crippen molar-refractivity contribution in [1.82, 2.24) is 5.32 Å². The van der Waals surface area contributed by atoms with Crippen LogP contribution in [0.4, 0.5) is 4.79 Å². The van der Waals surface area contributed by atoms with E-state index in [1.807, 2.05) is 20.8 Å². The molecule has 0 aromatic rings. The molecular weight excluding hydrogens is 270 g/mol. The number of rotatable bonds is 4. The third-order valence-corrected chi connectivity index (χ3v) is 4.42. The summed E-state index contributed by atoms with van der Waals surface area (Å²) < 4.78 is 5.23. The van der Waals surface area contributed by atoms with Crippen LogP contribution in [0.3, 0.4) is 0 Å². The molecular formula is C16H25NO4. The third kappa shape index (κ3) is 3.57. The molecule has 0 saturated heterocycles. The molecule has 1 saturated carbocycles. The molecule has 3 atom stereocenters. The van der Waals surface area contributed by atoms with Crippen LogP contribution in [0.1, 0.15) is 47.0 Å². The SMILES string of the molecule is CC1=C[C@@H]2[C@@H](C1)C[C@]2(CNC(=O)OC(C)(C)C)CC(=O)O. The van der Waals surface area contributed by atoms with Gasteiger partial charge in [-0.15, -0.1) is 0 Å². The predicted molar refractivity (Wildman–Crippen MR) is 78.9 cm³/mol. The lowest BCUT2D eigenvalue weighted by molar-refractivity contribution is -0.144. The monoisotopic (exact) mass is 295 g/mol. The molecule has 118 valence electrons. The summed E-state index contributed by atoms with van der Waals surface area (Å²) in [6.07, 6.45) is 3.71. The number of alkyl carbamates (subject to hydrolysis) is 1. The number of aliphatic carboxylic acids is 1. The van der Waals surface area contributed by atoms with E-state index in [1.54, 1.807) is 0 Å². The Morgan fingerprint density at radius 1 is 1.48 bits per heavy atom. The van der Waals surface area contributed by atoms with Gasteiger partial charge in [0.05, 0.1) is 6.42 Å². The molecule has 2 aliphatic carbocycles. The first-order valence-corrected chi connectivity index (χ1v) is 7.47. The van der Waals surface area contributed by atoms with Crippen LogP contribution in [0.15, 0.2) is 11.6 Å². The van der Waals surface area contributed by atoms with Gasteiger partial charge in [0.15, 0.2) is 0 Å². The average molecular weight is 295 g/mol. The third-order valence-electron chi connectivity index (χ3n) is 4.42. The average Bonchev–Trinajstić information content (AvgIpc) is 2.59. The Bertz CT molecular complexity index is 477. The predicted octanol–water partition coefficient (Wildman–Crippen LogP) is 2.96. The van der Waals surface area contributed by atoms with Crippen molar-refractivity contribution in [2.45, 2.75) is 52.6 Å². The molecule has 5 heteroatoms. The maximum Gasteiger partial charge on any atom is 0.407 e. The maximum absolute atomic E-state index is 11.8. The van der Waals surface area contributed by atoms with E-state index in [0.717, 1.165) is 12.8 Å². The Balaban J connectivity index is 1.99. The Morgan fingerprint density at radius 3 is 2.67 bits per heavy atom. The lowest BCUT2D eigenvalue weighted by Gasteiger charge is -2.51. The minimum Gasteiger partial charge on any atom is -0.481 e. The van der Waals surface area contributed by atoms with Gasteiger partial charge in [-0.05, 0) is 52.4 Å². The number of carbonyl (C=O) groups excluding carboxylic acids is 1. The highest BCUT2D eigenvalue weighted by atomic mass is 16.6. The molecule has 0 aliphatic heterocycles. The molecule has 2 rings (SSSR count). The van der Waals surface area contributed by atoms with Crippen LogP contribution in [0.25, 0.3) is 0 Å². The number of carbonyl (C=O) groups is 2. The number of hydrogen-bond donors (Lipinski definition) is 2. The van der Waals surface area contributed by atoms with Crippen LogP contribution in [0.5, 0.6) is 0 Å². The van der Waals surface area contributed by atoms with Crippen LogP contribution in [0.2, 0.25) is 0 Å². The summed E-state index contributed by atoms with van der Waals surface area (Å²) in [5.74, 6) is 0.00529.